The van der Waals surface area contributed by atoms with E-state index in [1.165, 1.54) is 0 Å². The molecular formula is C14H17NO2. The summed E-state index contributed by atoms with van der Waals surface area (Å²) in [5, 5.41) is 3.21. The van der Waals surface area contributed by atoms with E-state index in [1.807, 2.05) is 26.8 Å². The third kappa shape index (κ3) is 1.46. The minimum atomic E-state index is -0.726. The predicted molar refractivity (Wildman–Crippen MR) is 69.0 cm³/mol. The molecule has 3 heteroatoms. The van der Waals surface area contributed by atoms with E-state index in [2.05, 4.69) is 11.9 Å². The van der Waals surface area contributed by atoms with E-state index < -0.39 is 5.54 Å². The lowest BCUT2D eigenvalue weighted by Crippen LogP contribution is -2.35. The van der Waals surface area contributed by atoms with E-state index in [4.69, 9.17) is 4.74 Å². The Bertz CT molecular complexity index is 519. The highest BCUT2D eigenvalue weighted by molar-refractivity contribution is 6.15. The number of aryl methyl sites for hydroxylation is 1. The first-order valence-corrected chi connectivity index (χ1v) is 5.59. The minimum Gasteiger partial charge on any atom is -0.494 e. The molecule has 1 aromatic carbocycles. The summed E-state index contributed by atoms with van der Waals surface area (Å²) in [5.41, 5.74) is 2.86. The molecule has 1 heterocycles. The van der Waals surface area contributed by atoms with Gasteiger partial charge in [0.25, 0.3) is 0 Å². The van der Waals surface area contributed by atoms with E-state index >= 15 is 0 Å². The number of fused-ring (bicyclic) bond motifs is 1. The molecule has 0 spiro atoms. The summed E-state index contributed by atoms with van der Waals surface area (Å²) >= 11 is 0. The Morgan fingerprint density at radius 3 is 2.65 bits per heavy atom. The lowest BCUT2D eigenvalue weighted by Gasteiger charge is -2.18. The van der Waals surface area contributed by atoms with Gasteiger partial charge in [-0.1, -0.05) is 6.08 Å². The molecule has 0 amide bonds. The van der Waals surface area contributed by atoms with Gasteiger partial charge in [0.15, 0.2) is 5.78 Å². The van der Waals surface area contributed by atoms with Gasteiger partial charge >= 0.3 is 0 Å². The number of carbonyl (C=O) groups is 1. The Balaban J connectivity index is 2.71. The molecule has 1 aliphatic rings. The fourth-order valence-corrected chi connectivity index (χ4v) is 2.18. The van der Waals surface area contributed by atoms with E-state index in [0.717, 1.165) is 22.6 Å². The summed E-state index contributed by atoms with van der Waals surface area (Å²) in [4.78, 5) is 12.3. The molecule has 1 atom stereocenters. The van der Waals surface area contributed by atoms with Gasteiger partial charge in [-0.3, -0.25) is 4.79 Å². The van der Waals surface area contributed by atoms with E-state index in [0.29, 0.717) is 5.56 Å². The highest BCUT2D eigenvalue weighted by atomic mass is 16.5. The molecule has 17 heavy (non-hydrogen) atoms. The maximum Gasteiger partial charge on any atom is 0.194 e. The zero-order valence-corrected chi connectivity index (χ0v) is 10.7. The molecule has 0 aliphatic carbocycles. The van der Waals surface area contributed by atoms with E-state index in [1.54, 1.807) is 13.2 Å². The Morgan fingerprint density at radius 2 is 2.12 bits per heavy atom. The Morgan fingerprint density at radius 1 is 1.47 bits per heavy atom. The second-order valence-electron chi connectivity index (χ2n) is 4.63. The zero-order valence-electron chi connectivity index (χ0n) is 10.7. The van der Waals surface area contributed by atoms with Gasteiger partial charge in [-0.15, -0.1) is 6.58 Å². The minimum absolute atomic E-state index is 0.0453. The standard InChI is InChI=1S/C14H17NO2/c1-6-14(4)13(16)10-7-8(2)9(3)12(17-5)11(10)15-14/h6-7,15H,1H2,2-5H3. The van der Waals surface area contributed by atoms with Crippen molar-refractivity contribution >= 4 is 11.5 Å². The lowest BCUT2D eigenvalue weighted by molar-refractivity contribution is 0.0954. The van der Waals surface area contributed by atoms with Crippen molar-refractivity contribution in [2.24, 2.45) is 0 Å². The largest absolute Gasteiger partial charge is 0.494 e. The van der Waals surface area contributed by atoms with Crippen molar-refractivity contribution in [3.8, 4) is 5.75 Å². The molecule has 1 unspecified atom stereocenters. The average molecular weight is 231 g/mol. The second kappa shape index (κ2) is 3.62. The van der Waals surface area contributed by atoms with Crippen LogP contribution in [0, 0.1) is 13.8 Å². The van der Waals surface area contributed by atoms with Crippen LogP contribution in [0.2, 0.25) is 0 Å². The molecule has 1 aliphatic heterocycles. The summed E-state index contributed by atoms with van der Waals surface area (Å²) in [7, 11) is 1.62. The molecule has 1 N–H and O–H groups in total. The average Bonchev–Trinajstić information content (AvgIpc) is 2.55. The SMILES string of the molecule is C=CC1(C)Nc2c(cc(C)c(C)c2OC)C1=O. The van der Waals surface area contributed by atoms with Gasteiger partial charge in [0.05, 0.1) is 12.8 Å². The van der Waals surface area contributed by atoms with Crippen LogP contribution < -0.4 is 10.1 Å². The number of benzene rings is 1. The topological polar surface area (TPSA) is 38.3 Å². The van der Waals surface area contributed by atoms with Crippen LogP contribution in [0.3, 0.4) is 0 Å². The maximum atomic E-state index is 12.3. The molecular weight excluding hydrogens is 214 g/mol. The third-order valence-electron chi connectivity index (χ3n) is 3.50. The van der Waals surface area contributed by atoms with E-state index in [-0.39, 0.29) is 5.78 Å². The molecule has 0 aromatic heterocycles. The molecule has 1 aromatic rings. The summed E-state index contributed by atoms with van der Waals surface area (Å²) in [6.45, 7) is 9.52. The number of methoxy groups -OCH3 is 1. The van der Waals surface area contributed by atoms with Crippen molar-refractivity contribution < 1.29 is 9.53 Å². The van der Waals surface area contributed by atoms with Crippen LogP contribution in [0.4, 0.5) is 5.69 Å². The number of hydrogen-bond donors (Lipinski definition) is 1. The number of nitrogens with one attached hydrogen (secondary N) is 1. The van der Waals surface area contributed by atoms with Crippen molar-refractivity contribution in [2.75, 3.05) is 12.4 Å². The van der Waals surface area contributed by atoms with Crippen LogP contribution in [0.15, 0.2) is 18.7 Å². The highest BCUT2D eigenvalue weighted by Crippen LogP contribution is 2.42. The number of ketones is 1. The predicted octanol–water partition coefficient (Wildman–Crippen LogP) is 2.86. The number of ether oxygens (including phenoxy) is 1. The molecule has 90 valence electrons. The van der Waals surface area contributed by atoms with Crippen LogP contribution in [0.5, 0.6) is 5.75 Å². The normalized spacial score (nSPS) is 22.0. The maximum absolute atomic E-state index is 12.3. The number of carbonyl (C=O) groups excluding carboxylic acids is 1. The van der Waals surface area contributed by atoms with Gasteiger partial charge in [-0.05, 0) is 38.0 Å². The number of Topliss-reactive ketones (excluding diaryl/α,β-unsaturated/α-hetero) is 1. The van der Waals surface area contributed by atoms with Gasteiger partial charge in [0.1, 0.15) is 11.3 Å². The van der Waals surface area contributed by atoms with Crippen molar-refractivity contribution in [3.05, 3.63) is 35.4 Å². The van der Waals surface area contributed by atoms with Crippen LogP contribution in [-0.4, -0.2) is 18.4 Å². The van der Waals surface area contributed by atoms with Crippen LogP contribution in [0.1, 0.15) is 28.4 Å². The van der Waals surface area contributed by atoms with Crippen molar-refractivity contribution in [1.29, 1.82) is 0 Å². The summed E-state index contributed by atoms with van der Waals surface area (Å²) < 4.78 is 5.41. The number of anilines is 1. The Hall–Kier alpha value is -1.77. The van der Waals surface area contributed by atoms with E-state index in [9.17, 15) is 4.79 Å². The zero-order chi connectivity index (χ0) is 12.8. The smallest absolute Gasteiger partial charge is 0.194 e. The van der Waals surface area contributed by atoms with Crippen LogP contribution >= 0.6 is 0 Å². The van der Waals surface area contributed by atoms with Crippen molar-refractivity contribution in [2.45, 2.75) is 26.3 Å². The summed E-state index contributed by atoms with van der Waals surface area (Å²) in [5.74, 6) is 0.794. The molecule has 0 saturated heterocycles. The van der Waals surface area contributed by atoms with Gasteiger partial charge < -0.3 is 10.1 Å². The molecule has 0 radical (unpaired) electrons. The first kappa shape index (κ1) is 11.7. The molecule has 3 nitrogen and oxygen atoms in total. The van der Waals surface area contributed by atoms with Gasteiger partial charge in [-0.25, -0.2) is 0 Å². The Kier molecular flexibility index (Phi) is 2.49. The van der Waals surface area contributed by atoms with Gasteiger partial charge in [-0.2, -0.15) is 0 Å². The molecule has 2 rings (SSSR count). The highest BCUT2D eigenvalue weighted by Gasteiger charge is 2.41. The summed E-state index contributed by atoms with van der Waals surface area (Å²) in [6.07, 6.45) is 1.64. The van der Waals surface area contributed by atoms with Crippen molar-refractivity contribution in [3.63, 3.8) is 0 Å². The molecule has 0 bridgehead atoms. The van der Waals surface area contributed by atoms with Crippen LogP contribution in [0.25, 0.3) is 0 Å². The van der Waals surface area contributed by atoms with Gasteiger partial charge in [0, 0.05) is 5.56 Å². The first-order chi connectivity index (χ1) is 7.94. The second-order valence-corrected chi connectivity index (χ2v) is 4.63. The van der Waals surface area contributed by atoms with Gasteiger partial charge in [0.2, 0.25) is 0 Å². The first-order valence-electron chi connectivity index (χ1n) is 5.59. The fraction of sp³-hybridized carbons (Fsp3) is 0.357. The fourth-order valence-electron chi connectivity index (χ4n) is 2.18. The Labute approximate surface area is 101 Å². The third-order valence-corrected chi connectivity index (χ3v) is 3.50. The van der Waals surface area contributed by atoms with Crippen molar-refractivity contribution in [1.82, 2.24) is 0 Å². The quantitative estimate of drug-likeness (QED) is 0.795. The monoisotopic (exact) mass is 231 g/mol. The summed E-state index contributed by atoms with van der Waals surface area (Å²) in [6, 6.07) is 1.91. The van der Waals surface area contributed by atoms with Crippen LogP contribution in [-0.2, 0) is 0 Å². The molecule has 0 fully saturated rings. The lowest BCUT2D eigenvalue weighted by atomic mass is 9.94. The number of rotatable bonds is 2. The number of hydrogen-bond acceptors (Lipinski definition) is 3. The molecule has 0 saturated carbocycles.